The molecule has 2 aromatic rings. The lowest BCUT2D eigenvalue weighted by Crippen LogP contribution is -2.50. The molecule has 0 saturated heterocycles. The van der Waals surface area contributed by atoms with E-state index in [0.29, 0.717) is 0 Å². The number of benzene rings is 2. The Balaban J connectivity index is 2.15. The van der Waals surface area contributed by atoms with Crippen LogP contribution in [0.3, 0.4) is 0 Å². The molecule has 0 bridgehead atoms. The maximum Gasteiger partial charge on any atom is 0.460 e. The van der Waals surface area contributed by atoms with Crippen LogP contribution in [0.25, 0.3) is 0 Å². The minimum atomic E-state index is -6.49. The minimum Gasteiger partial charge on any atom is -0.207 e. The van der Waals surface area contributed by atoms with Gasteiger partial charge in [0.15, 0.2) is 0 Å². The molecule has 0 amide bonds. The first-order valence-corrected chi connectivity index (χ1v) is 10.4. The summed E-state index contributed by atoms with van der Waals surface area (Å²) in [6, 6.07) is 10.6. The maximum atomic E-state index is 14.6. The van der Waals surface area contributed by atoms with E-state index >= 15 is 0 Å². The SMILES string of the molecule is CC1(c2ccccc2F)[CH]C(C)(c2ccccc2F)CC(SC(F)(F)C(F)(F)C(F)(F)F)=C1. The Hall–Kier alpha value is -2.10. The monoisotopic (exact) mass is 497 g/mol. The van der Waals surface area contributed by atoms with E-state index in [1.807, 2.05) is 0 Å². The smallest absolute Gasteiger partial charge is 0.207 e. The number of hydrogen-bond acceptors (Lipinski definition) is 1. The molecule has 179 valence electrons. The molecule has 0 aromatic heterocycles. The normalized spacial score (nSPS) is 24.5. The fourth-order valence-electron chi connectivity index (χ4n) is 4.11. The van der Waals surface area contributed by atoms with Gasteiger partial charge in [-0.3, -0.25) is 0 Å². The van der Waals surface area contributed by atoms with Crippen LogP contribution in [0.1, 0.15) is 31.4 Å². The van der Waals surface area contributed by atoms with Crippen LogP contribution in [0.15, 0.2) is 59.5 Å². The van der Waals surface area contributed by atoms with Crippen molar-refractivity contribution in [1.29, 1.82) is 0 Å². The van der Waals surface area contributed by atoms with E-state index in [9.17, 15) is 39.5 Å². The Bertz CT molecular complexity index is 1060. The van der Waals surface area contributed by atoms with Crippen LogP contribution in [0.4, 0.5) is 39.5 Å². The molecule has 1 aliphatic rings. The Morgan fingerprint density at radius 3 is 1.73 bits per heavy atom. The predicted molar refractivity (Wildman–Crippen MR) is 108 cm³/mol. The van der Waals surface area contributed by atoms with Crippen molar-refractivity contribution >= 4 is 11.8 Å². The highest BCUT2D eigenvalue weighted by Crippen LogP contribution is 2.58. The van der Waals surface area contributed by atoms with Gasteiger partial charge in [0.25, 0.3) is 0 Å². The van der Waals surface area contributed by atoms with Gasteiger partial charge in [0.1, 0.15) is 11.6 Å². The summed E-state index contributed by atoms with van der Waals surface area (Å²) in [5, 5.41) is -5.55. The zero-order valence-electron chi connectivity index (χ0n) is 17.3. The topological polar surface area (TPSA) is 0 Å². The molecule has 3 rings (SSSR count). The van der Waals surface area contributed by atoms with E-state index in [2.05, 4.69) is 0 Å². The first-order valence-electron chi connectivity index (χ1n) is 9.63. The van der Waals surface area contributed by atoms with Crippen molar-refractivity contribution in [2.45, 2.75) is 48.5 Å². The second-order valence-electron chi connectivity index (χ2n) is 8.28. The first kappa shape index (κ1) is 25.5. The average molecular weight is 497 g/mol. The lowest BCUT2D eigenvalue weighted by Gasteiger charge is -2.44. The number of alkyl halides is 7. The van der Waals surface area contributed by atoms with Crippen LogP contribution < -0.4 is 0 Å². The highest BCUT2D eigenvalue weighted by Gasteiger charge is 2.73. The number of hydrogen-bond donors (Lipinski definition) is 0. The summed E-state index contributed by atoms with van der Waals surface area (Å²) < 4.78 is 123. The molecule has 0 fully saturated rings. The van der Waals surface area contributed by atoms with Crippen molar-refractivity contribution in [1.82, 2.24) is 0 Å². The van der Waals surface area contributed by atoms with Gasteiger partial charge < -0.3 is 0 Å². The van der Waals surface area contributed by atoms with Gasteiger partial charge in [0.2, 0.25) is 0 Å². The van der Waals surface area contributed by atoms with Crippen LogP contribution in [-0.4, -0.2) is 17.4 Å². The molecule has 0 saturated carbocycles. The van der Waals surface area contributed by atoms with Crippen LogP contribution in [0.5, 0.6) is 0 Å². The Morgan fingerprint density at radius 2 is 1.24 bits per heavy atom. The molecule has 2 aromatic carbocycles. The molecular formula is C23H18F9S. The van der Waals surface area contributed by atoms with E-state index in [0.717, 1.165) is 18.2 Å². The van der Waals surface area contributed by atoms with E-state index in [4.69, 9.17) is 0 Å². The zero-order valence-corrected chi connectivity index (χ0v) is 18.1. The van der Waals surface area contributed by atoms with Crippen LogP contribution >= 0.6 is 11.8 Å². The van der Waals surface area contributed by atoms with E-state index in [-0.39, 0.29) is 11.1 Å². The third-order valence-corrected chi connectivity index (χ3v) is 6.58. The van der Waals surface area contributed by atoms with Gasteiger partial charge in [0.05, 0.1) is 0 Å². The van der Waals surface area contributed by atoms with E-state index in [1.165, 1.54) is 56.7 Å². The van der Waals surface area contributed by atoms with Crippen LogP contribution in [-0.2, 0) is 10.8 Å². The summed E-state index contributed by atoms with van der Waals surface area (Å²) in [5.41, 5.74) is -2.98. The molecule has 2 atom stereocenters. The maximum absolute atomic E-state index is 14.6. The van der Waals surface area contributed by atoms with Crippen molar-refractivity contribution in [2.24, 2.45) is 0 Å². The van der Waals surface area contributed by atoms with Gasteiger partial charge in [-0.1, -0.05) is 56.3 Å². The fourth-order valence-corrected chi connectivity index (χ4v) is 5.36. The van der Waals surface area contributed by atoms with Gasteiger partial charge in [0, 0.05) is 10.8 Å². The molecule has 33 heavy (non-hydrogen) atoms. The number of halogens is 9. The quantitative estimate of drug-likeness (QED) is 0.375. The summed E-state index contributed by atoms with van der Waals surface area (Å²) in [6.45, 7) is 2.82. The van der Waals surface area contributed by atoms with Crippen LogP contribution in [0, 0.1) is 18.1 Å². The first-order chi connectivity index (χ1) is 15.0. The third-order valence-electron chi connectivity index (χ3n) is 5.54. The summed E-state index contributed by atoms with van der Waals surface area (Å²) in [6.07, 6.45) is -4.47. The molecule has 10 heteroatoms. The van der Waals surface area contributed by atoms with Crippen molar-refractivity contribution in [2.75, 3.05) is 0 Å². The number of allylic oxidation sites excluding steroid dienone is 2. The second kappa shape index (κ2) is 8.29. The van der Waals surface area contributed by atoms with Gasteiger partial charge in [-0.15, -0.1) is 0 Å². The van der Waals surface area contributed by atoms with Crippen molar-refractivity contribution in [3.8, 4) is 0 Å². The Kier molecular flexibility index (Phi) is 6.41. The average Bonchev–Trinajstić information content (AvgIpc) is 2.66. The van der Waals surface area contributed by atoms with E-state index < -0.39 is 62.9 Å². The highest BCUT2D eigenvalue weighted by atomic mass is 32.2. The molecule has 1 radical (unpaired) electrons. The molecule has 2 unspecified atom stereocenters. The Morgan fingerprint density at radius 1 is 0.758 bits per heavy atom. The highest BCUT2D eigenvalue weighted by molar-refractivity contribution is 8.04. The van der Waals surface area contributed by atoms with E-state index in [1.54, 1.807) is 0 Å². The largest absolute Gasteiger partial charge is 0.460 e. The summed E-state index contributed by atoms with van der Waals surface area (Å²) >= 11 is -0.945. The Labute approximate surface area is 188 Å². The lowest BCUT2D eigenvalue weighted by atomic mass is 9.62. The molecule has 0 nitrogen and oxygen atoms in total. The van der Waals surface area contributed by atoms with Crippen molar-refractivity contribution < 1.29 is 39.5 Å². The van der Waals surface area contributed by atoms with Gasteiger partial charge in [-0.25, -0.2) is 8.78 Å². The molecule has 1 aliphatic carbocycles. The van der Waals surface area contributed by atoms with Gasteiger partial charge in [-0.2, -0.15) is 30.7 Å². The van der Waals surface area contributed by atoms with Gasteiger partial charge in [-0.05, 0) is 52.8 Å². The third kappa shape index (κ3) is 4.63. The standard InChI is InChI=1S/C23H18F9S/c1-19(15-7-3-5-9-17(15)24)11-14(33-23(31,32)21(26,27)22(28,29)30)12-20(2,13-19)16-8-4-6-10-18(16)25/h3-11,13H,12H2,1-2H3. The molecule has 0 N–H and O–H groups in total. The van der Waals surface area contributed by atoms with Crippen molar-refractivity contribution in [3.63, 3.8) is 0 Å². The number of thioether (sulfide) groups is 1. The summed E-state index contributed by atoms with van der Waals surface area (Å²) in [7, 11) is 0. The molecule has 0 heterocycles. The van der Waals surface area contributed by atoms with Gasteiger partial charge >= 0.3 is 17.4 Å². The molecule has 0 spiro atoms. The van der Waals surface area contributed by atoms with Crippen LogP contribution in [0.2, 0.25) is 0 Å². The lowest BCUT2D eigenvalue weighted by molar-refractivity contribution is -0.330. The minimum absolute atomic E-state index is 0.00432. The number of rotatable bonds is 5. The summed E-state index contributed by atoms with van der Waals surface area (Å²) in [4.78, 5) is -0.553. The second-order valence-corrected chi connectivity index (χ2v) is 9.52. The fraction of sp³-hybridized carbons (Fsp3) is 0.348. The predicted octanol–water partition coefficient (Wildman–Crippen LogP) is 8.20. The molecule has 0 aliphatic heterocycles. The molecular weight excluding hydrogens is 479 g/mol. The van der Waals surface area contributed by atoms with Crippen molar-refractivity contribution in [3.05, 3.63) is 88.7 Å². The zero-order chi connectivity index (χ0) is 24.9. The summed E-state index contributed by atoms with van der Waals surface area (Å²) in [5.74, 6) is -7.80.